The highest BCUT2D eigenvalue weighted by Gasteiger charge is 2.25. The fraction of sp³-hybridized carbons (Fsp3) is 0.250. The highest BCUT2D eigenvalue weighted by molar-refractivity contribution is 7.14. The molecule has 0 unspecified atom stereocenters. The minimum Gasteiger partial charge on any atom is -0.461 e. The molecule has 3 aromatic rings. The monoisotopic (exact) mass is 329 g/mol. The third-order valence-corrected chi connectivity index (χ3v) is 4.81. The van der Waals surface area contributed by atoms with E-state index in [2.05, 4.69) is 21.5 Å². The number of carbonyl (C=O) groups is 1. The molecule has 23 heavy (non-hydrogen) atoms. The quantitative estimate of drug-likeness (QED) is 0.739. The zero-order valence-corrected chi connectivity index (χ0v) is 13.2. The number of anilines is 1. The molecule has 0 atom stereocenters. The third-order valence-electron chi connectivity index (χ3n) is 3.88. The number of hydrogen-bond acceptors (Lipinski definition) is 6. The average molecular weight is 329 g/mol. The number of furan rings is 1. The van der Waals surface area contributed by atoms with Crippen LogP contribution in [0.5, 0.6) is 0 Å². The van der Waals surface area contributed by atoms with Gasteiger partial charge in [-0.1, -0.05) is 5.16 Å². The van der Waals surface area contributed by atoms with Crippen molar-refractivity contribution in [1.29, 1.82) is 0 Å². The maximum Gasteiger partial charge on any atom is 0.276 e. The summed E-state index contributed by atoms with van der Waals surface area (Å²) in [5.74, 6) is 0.937. The number of aromatic nitrogens is 1. The van der Waals surface area contributed by atoms with Crippen LogP contribution >= 0.6 is 11.3 Å². The Hall–Kier alpha value is -2.54. The molecule has 0 saturated carbocycles. The minimum absolute atomic E-state index is 0.0996. The summed E-state index contributed by atoms with van der Waals surface area (Å²) in [5, 5.41) is 7.20. The van der Waals surface area contributed by atoms with Crippen LogP contribution in [-0.2, 0) is 0 Å². The zero-order chi connectivity index (χ0) is 15.6. The maximum atomic E-state index is 12.5. The molecule has 0 spiro atoms. The fourth-order valence-corrected chi connectivity index (χ4v) is 3.44. The molecular weight excluding hydrogens is 314 g/mol. The largest absolute Gasteiger partial charge is 0.461 e. The van der Waals surface area contributed by atoms with Crippen molar-refractivity contribution >= 4 is 22.2 Å². The van der Waals surface area contributed by atoms with E-state index in [-0.39, 0.29) is 5.91 Å². The van der Waals surface area contributed by atoms with Crippen LogP contribution in [0.4, 0.5) is 5.00 Å². The van der Waals surface area contributed by atoms with Crippen LogP contribution in [0.1, 0.15) is 10.5 Å². The van der Waals surface area contributed by atoms with Crippen molar-refractivity contribution in [3.05, 3.63) is 47.7 Å². The molecule has 4 heterocycles. The second-order valence-corrected chi connectivity index (χ2v) is 6.21. The summed E-state index contributed by atoms with van der Waals surface area (Å²) in [4.78, 5) is 16.6. The summed E-state index contributed by atoms with van der Waals surface area (Å²) in [7, 11) is 0. The fourth-order valence-electron chi connectivity index (χ4n) is 2.65. The molecule has 1 saturated heterocycles. The van der Waals surface area contributed by atoms with E-state index in [9.17, 15) is 4.79 Å². The molecule has 0 bridgehead atoms. The first-order valence-corrected chi connectivity index (χ1v) is 8.27. The molecule has 118 valence electrons. The van der Waals surface area contributed by atoms with E-state index in [0.717, 1.165) is 13.1 Å². The summed E-state index contributed by atoms with van der Waals surface area (Å²) in [6, 6.07) is 9.32. The number of rotatable bonds is 3. The highest BCUT2D eigenvalue weighted by Crippen LogP contribution is 2.24. The first kappa shape index (κ1) is 14.1. The minimum atomic E-state index is -0.0996. The molecule has 7 heteroatoms. The van der Waals surface area contributed by atoms with Gasteiger partial charge >= 0.3 is 0 Å². The molecule has 3 aromatic heterocycles. The Morgan fingerprint density at radius 3 is 2.70 bits per heavy atom. The molecular formula is C16H15N3O3S. The van der Waals surface area contributed by atoms with Crippen molar-refractivity contribution in [2.75, 3.05) is 31.1 Å². The maximum absolute atomic E-state index is 12.5. The van der Waals surface area contributed by atoms with Crippen molar-refractivity contribution < 1.29 is 13.7 Å². The molecule has 0 radical (unpaired) electrons. The van der Waals surface area contributed by atoms with Crippen molar-refractivity contribution in [3.63, 3.8) is 0 Å². The Balaban J connectivity index is 1.42. The van der Waals surface area contributed by atoms with Crippen LogP contribution in [0.25, 0.3) is 11.5 Å². The second-order valence-electron chi connectivity index (χ2n) is 5.28. The predicted octanol–water partition coefficient (Wildman–Crippen LogP) is 2.96. The Kier molecular flexibility index (Phi) is 3.63. The van der Waals surface area contributed by atoms with Crippen molar-refractivity contribution in [2.45, 2.75) is 0 Å². The number of thiophene rings is 1. The SMILES string of the molecule is O=C(c1cc(-c2ccco2)on1)N1CCN(c2cccs2)CC1. The van der Waals surface area contributed by atoms with Gasteiger partial charge in [0.15, 0.2) is 11.5 Å². The first-order chi connectivity index (χ1) is 11.3. The molecule has 1 amide bonds. The van der Waals surface area contributed by atoms with Gasteiger partial charge in [-0.3, -0.25) is 4.79 Å². The van der Waals surface area contributed by atoms with Gasteiger partial charge in [-0.15, -0.1) is 11.3 Å². The predicted molar refractivity (Wildman–Crippen MR) is 86.6 cm³/mol. The van der Waals surface area contributed by atoms with E-state index < -0.39 is 0 Å². The van der Waals surface area contributed by atoms with Gasteiger partial charge in [0.25, 0.3) is 5.91 Å². The normalized spacial score (nSPS) is 15.1. The van der Waals surface area contributed by atoms with Crippen LogP contribution < -0.4 is 4.90 Å². The molecule has 1 fully saturated rings. The Bertz CT molecular complexity index is 771. The van der Waals surface area contributed by atoms with E-state index in [1.54, 1.807) is 35.8 Å². The Labute approximate surface area is 136 Å². The van der Waals surface area contributed by atoms with Crippen LogP contribution in [-0.4, -0.2) is 42.1 Å². The summed E-state index contributed by atoms with van der Waals surface area (Å²) < 4.78 is 10.5. The standard InChI is InChI=1S/C16H15N3O3S/c20-16(12-11-14(22-17-12)13-3-1-9-21-13)19-7-5-18(6-8-19)15-4-2-10-23-15/h1-4,9-11H,5-8H2. The average Bonchev–Trinajstić information content (AvgIpc) is 3.36. The van der Waals surface area contributed by atoms with E-state index in [0.29, 0.717) is 30.3 Å². The molecule has 0 aliphatic carbocycles. The summed E-state index contributed by atoms with van der Waals surface area (Å²) in [5.41, 5.74) is 0.320. The Morgan fingerprint density at radius 2 is 2.00 bits per heavy atom. The molecule has 0 aromatic carbocycles. The lowest BCUT2D eigenvalue weighted by atomic mass is 10.2. The number of hydrogen-bond donors (Lipinski definition) is 0. The molecule has 1 aliphatic heterocycles. The van der Waals surface area contributed by atoms with E-state index in [1.807, 2.05) is 11.0 Å². The van der Waals surface area contributed by atoms with Gasteiger partial charge in [-0.2, -0.15) is 0 Å². The smallest absolute Gasteiger partial charge is 0.276 e. The lowest BCUT2D eigenvalue weighted by molar-refractivity contribution is 0.0736. The number of nitrogens with zero attached hydrogens (tertiary/aromatic N) is 3. The lowest BCUT2D eigenvalue weighted by Crippen LogP contribution is -2.48. The second kappa shape index (κ2) is 5.92. The molecule has 6 nitrogen and oxygen atoms in total. The van der Waals surface area contributed by atoms with E-state index >= 15 is 0 Å². The number of carbonyl (C=O) groups excluding carboxylic acids is 1. The van der Waals surface area contributed by atoms with Crippen molar-refractivity contribution in [2.24, 2.45) is 0 Å². The van der Waals surface area contributed by atoms with E-state index in [4.69, 9.17) is 8.94 Å². The van der Waals surface area contributed by atoms with Crippen molar-refractivity contribution in [1.82, 2.24) is 10.1 Å². The van der Waals surface area contributed by atoms with Crippen molar-refractivity contribution in [3.8, 4) is 11.5 Å². The molecule has 4 rings (SSSR count). The number of piperazine rings is 1. The Morgan fingerprint density at radius 1 is 1.13 bits per heavy atom. The van der Waals surface area contributed by atoms with Crippen LogP contribution in [0, 0.1) is 0 Å². The highest BCUT2D eigenvalue weighted by atomic mass is 32.1. The van der Waals surface area contributed by atoms with Gasteiger partial charge in [0.05, 0.1) is 11.3 Å². The zero-order valence-electron chi connectivity index (χ0n) is 12.3. The van der Waals surface area contributed by atoms with Crippen LogP contribution in [0.15, 0.2) is 50.9 Å². The summed E-state index contributed by atoms with van der Waals surface area (Å²) in [6.07, 6.45) is 1.56. The molecule has 0 N–H and O–H groups in total. The third kappa shape index (κ3) is 2.75. The van der Waals surface area contributed by atoms with Gasteiger partial charge in [0.1, 0.15) is 0 Å². The van der Waals surface area contributed by atoms with Gasteiger partial charge in [-0.25, -0.2) is 0 Å². The summed E-state index contributed by atoms with van der Waals surface area (Å²) >= 11 is 1.72. The van der Waals surface area contributed by atoms with Crippen LogP contribution in [0.3, 0.4) is 0 Å². The molecule has 1 aliphatic rings. The lowest BCUT2D eigenvalue weighted by Gasteiger charge is -2.34. The number of amides is 1. The van der Waals surface area contributed by atoms with Gasteiger partial charge in [0.2, 0.25) is 5.76 Å². The van der Waals surface area contributed by atoms with Gasteiger partial charge < -0.3 is 18.7 Å². The first-order valence-electron chi connectivity index (χ1n) is 7.39. The topological polar surface area (TPSA) is 62.7 Å². The summed E-state index contributed by atoms with van der Waals surface area (Å²) in [6.45, 7) is 3.02. The van der Waals surface area contributed by atoms with Crippen LogP contribution in [0.2, 0.25) is 0 Å². The van der Waals surface area contributed by atoms with E-state index in [1.165, 1.54) is 5.00 Å². The van der Waals surface area contributed by atoms with Gasteiger partial charge in [-0.05, 0) is 29.6 Å². The van der Waals surface area contributed by atoms with Gasteiger partial charge in [0, 0.05) is 32.2 Å².